The maximum atomic E-state index is 12.9. The lowest BCUT2D eigenvalue weighted by Crippen LogP contribution is -2.27. The number of benzene rings is 3. The van der Waals surface area contributed by atoms with E-state index in [2.05, 4.69) is 0 Å². The van der Waals surface area contributed by atoms with Crippen LogP contribution in [0.15, 0.2) is 76.5 Å². The zero-order valence-electron chi connectivity index (χ0n) is 18.1. The fraction of sp³-hybridized carbons (Fsp3) is 0.0833. The van der Waals surface area contributed by atoms with E-state index in [0.717, 1.165) is 16.7 Å². The standard InChI is InChI=1S/C24H17Cl2NO6S2/c1-32-20-11-10-15(12-21(20)33-35(30,31)16-6-3-2-4-7-16)13-22-23(28)27(24(29)34-22)14-17-18(25)8-5-9-19(17)26/h2-13H,14H2,1H3/b22-13-. The van der Waals surface area contributed by atoms with Crippen LogP contribution in [0.5, 0.6) is 11.5 Å². The van der Waals surface area contributed by atoms with Crippen LogP contribution in [0.3, 0.4) is 0 Å². The Balaban J connectivity index is 1.61. The van der Waals surface area contributed by atoms with Crippen LogP contribution in [0.1, 0.15) is 11.1 Å². The SMILES string of the molecule is COc1ccc(/C=C2\SC(=O)N(Cc3c(Cl)cccc3Cl)C2=O)cc1OS(=O)(=O)c1ccccc1. The van der Waals surface area contributed by atoms with Crippen molar-refractivity contribution in [3.63, 3.8) is 0 Å². The summed E-state index contributed by atoms with van der Waals surface area (Å²) in [6.07, 6.45) is 1.47. The van der Waals surface area contributed by atoms with Crippen LogP contribution in [-0.4, -0.2) is 31.6 Å². The number of ether oxygens (including phenoxy) is 1. The molecule has 0 aromatic heterocycles. The lowest BCUT2D eigenvalue weighted by molar-refractivity contribution is -0.123. The zero-order chi connectivity index (χ0) is 25.2. The molecule has 0 spiro atoms. The second-order valence-corrected chi connectivity index (χ2v) is 10.6. The number of hydrogen-bond acceptors (Lipinski definition) is 7. The van der Waals surface area contributed by atoms with Gasteiger partial charge in [0.25, 0.3) is 11.1 Å². The van der Waals surface area contributed by atoms with E-state index < -0.39 is 21.3 Å². The highest BCUT2D eigenvalue weighted by Crippen LogP contribution is 2.37. The molecule has 1 heterocycles. The van der Waals surface area contributed by atoms with Crippen molar-refractivity contribution in [1.29, 1.82) is 0 Å². The van der Waals surface area contributed by atoms with Gasteiger partial charge in [0.15, 0.2) is 11.5 Å². The van der Waals surface area contributed by atoms with E-state index in [1.807, 2.05) is 0 Å². The third kappa shape index (κ3) is 5.48. The zero-order valence-corrected chi connectivity index (χ0v) is 21.2. The number of methoxy groups -OCH3 is 1. The molecule has 0 aliphatic carbocycles. The Labute approximate surface area is 216 Å². The summed E-state index contributed by atoms with van der Waals surface area (Å²) in [6.45, 7) is -0.0766. The molecule has 2 amide bonds. The topological polar surface area (TPSA) is 90.0 Å². The average molecular weight is 550 g/mol. The highest BCUT2D eigenvalue weighted by molar-refractivity contribution is 8.18. The van der Waals surface area contributed by atoms with Crippen LogP contribution in [0.4, 0.5) is 4.79 Å². The van der Waals surface area contributed by atoms with Crippen molar-refractivity contribution in [2.24, 2.45) is 0 Å². The molecule has 1 saturated heterocycles. The summed E-state index contributed by atoms with van der Waals surface area (Å²) < 4.78 is 35.9. The fourth-order valence-electron chi connectivity index (χ4n) is 3.23. The predicted octanol–water partition coefficient (Wildman–Crippen LogP) is 6.01. The molecule has 0 unspecified atom stereocenters. The van der Waals surface area contributed by atoms with Crippen molar-refractivity contribution in [3.8, 4) is 11.5 Å². The minimum Gasteiger partial charge on any atom is -0.493 e. The van der Waals surface area contributed by atoms with Crippen molar-refractivity contribution >= 4 is 62.3 Å². The van der Waals surface area contributed by atoms with Gasteiger partial charge in [0.05, 0.1) is 18.6 Å². The minimum atomic E-state index is -4.12. The fourth-order valence-corrected chi connectivity index (χ4v) is 5.54. The number of thioether (sulfide) groups is 1. The summed E-state index contributed by atoms with van der Waals surface area (Å²) in [6, 6.07) is 17.1. The van der Waals surface area contributed by atoms with Crippen molar-refractivity contribution in [3.05, 3.63) is 92.8 Å². The van der Waals surface area contributed by atoms with Crippen LogP contribution < -0.4 is 8.92 Å². The molecule has 0 atom stereocenters. The highest BCUT2D eigenvalue weighted by atomic mass is 35.5. The molecule has 0 N–H and O–H groups in total. The molecule has 11 heteroatoms. The van der Waals surface area contributed by atoms with E-state index in [-0.39, 0.29) is 27.8 Å². The molecule has 0 bridgehead atoms. The van der Waals surface area contributed by atoms with Gasteiger partial charge in [-0.15, -0.1) is 0 Å². The van der Waals surface area contributed by atoms with Crippen LogP contribution in [0.25, 0.3) is 6.08 Å². The first-order valence-corrected chi connectivity index (χ1v) is 13.0. The molecule has 4 rings (SSSR count). The number of nitrogens with zero attached hydrogens (tertiary/aromatic N) is 1. The van der Waals surface area contributed by atoms with Gasteiger partial charge >= 0.3 is 10.1 Å². The number of hydrogen-bond donors (Lipinski definition) is 0. The maximum Gasteiger partial charge on any atom is 0.339 e. The molecule has 1 aliphatic rings. The summed E-state index contributed by atoms with van der Waals surface area (Å²) in [5.41, 5.74) is 0.899. The first-order chi connectivity index (χ1) is 16.7. The van der Waals surface area contributed by atoms with Crippen molar-refractivity contribution in [2.75, 3.05) is 7.11 Å². The summed E-state index contributed by atoms with van der Waals surface area (Å²) >= 11 is 13.1. The van der Waals surface area contributed by atoms with Gasteiger partial charge in [0, 0.05) is 15.6 Å². The Kier molecular flexibility index (Phi) is 7.42. The van der Waals surface area contributed by atoms with Crippen LogP contribution in [0, 0.1) is 0 Å². The van der Waals surface area contributed by atoms with E-state index in [0.29, 0.717) is 21.2 Å². The molecule has 1 fully saturated rings. The van der Waals surface area contributed by atoms with E-state index in [1.165, 1.54) is 37.5 Å². The Morgan fingerprint density at radius 2 is 1.63 bits per heavy atom. The maximum absolute atomic E-state index is 12.9. The normalized spacial score (nSPS) is 15.1. The highest BCUT2D eigenvalue weighted by Gasteiger charge is 2.35. The van der Waals surface area contributed by atoms with Gasteiger partial charge in [-0.25, -0.2) is 0 Å². The minimum absolute atomic E-state index is 0.0215. The van der Waals surface area contributed by atoms with Gasteiger partial charge in [-0.3, -0.25) is 14.5 Å². The quantitative estimate of drug-likeness (QED) is 0.263. The van der Waals surface area contributed by atoms with E-state index in [9.17, 15) is 18.0 Å². The van der Waals surface area contributed by atoms with Gasteiger partial charge in [-0.1, -0.05) is 53.5 Å². The molecule has 3 aromatic carbocycles. The molecule has 180 valence electrons. The molecule has 0 saturated carbocycles. The monoisotopic (exact) mass is 549 g/mol. The molecule has 0 radical (unpaired) electrons. The predicted molar refractivity (Wildman–Crippen MR) is 135 cm³/mol. The molecular weight excluding hydrogens is 533 g/mol. The summed E-state index contributed by atoms with van der Waals surface area (Å²) in [5.74, 6) is -0.401. The molecule has 3 aromatic rings. The van der Waals surface area contributed by atoms with Gasteiger partial charge in [0.1, 0.15) is 4.90 Å². The third-order valence-corrected chi connectivity index (χ3v) is 7.83. The number of halogens is 2. The second kappa shape index (κ2) is 10.3. The third-order valence-electron chi connectivity index (χ3n) is 4.97. The number of carbonyl (C=O) groups excluding carboxylic acids is 2. The van der Waals surface area contributed by atoms with Crippen LogP contribution in [0.2, 0.25) is 10.0 Å². The van der Waals surface area contributed by atoms with Gasteiger partial charge < -0.3 is 8.92 Å². The van der Waals surface area contributed by atoms with Crippen LogP contribution in [-0.2, 0) is 21.5 Å². The first-order valence-electron chi connectivity index (χ1n) is 10.1. The number of rotatable bonds is 7. The molecular formula is C24H17Cl2NO6S2. The van der Waals surface area contributed by atoms with Crippen molar-refractivity contribution in [2.45, 2.75) is 11.4 Å². The van der Waals surface area contributed by atoms with E-state index >= 15 is 0 Å². The van der Waals surface area contributed by atoms with Crippen LogP contribution >= 0.6 is 35.0 Å². The molecule has 7 nitrogen and oxygen atoms in total. The lowest BCUT2D eigenvalue weighted by atomic mass is 10.1. The molecule has 1 aliphatic heterocycles. The van der Waals surface area contributed by atoms with Gasteiger partial charge in [-0.05, 0) is 59.8 Å². The Bertz CT molecular complexity index is 1420. The largest absolute Gasteiger partial charge is 0.493 e. The second-order valence-electron chi connectivity index (χ2n) is 7.23. The smallest absolute Gasteiger partial charge is 0.339 e. The Morgan fingerprint density at radius 3 is 2.29 bits per heavy atom. The Hall–Kier alpha value is -2.98. The average Bonchev–Trinajstić information content (AvgIpc) is 3.09. The summed E-state index contributed by atoms with van der Waals surface area (Å²) in [5, 5.41) is 0.211. The van der Waals surface area contributed by atoms with Crippen molar-refractivity contribution in [1.82, 2.24) is 4.90 Å². The lowest BCUT2D eigenvalue weighted by Gasteiger charge is -2.14. The number of amides is 2. The number of carbonyl (C=O) groups is 2. The summed E-state index contributed by atoms with van der Waals surface area (Å²) in [4.78, 5) is 26.7. The van der Waals surface area contributed by atoms with E-state index in [4.69, 9.17) is 32.1 Å². The number of imide groups is 1. The Morgan fingerprint density at radius 1 is 0.943 bits per heavy atom. The van der Waals surface area contributed by atoms with Gasteiger partial charge in [0.2, 0.25) is 0 Å². The van der Waals surface area contributed by atoms with Gasteiger partial charge in [-0.2, -0.15) is 8.42 Å². The first kappa shape index (κ1) is 25.1. The summed E-state index contributed by atoms with van der Waals surface area (Å²) in [7, 11) is -2.74. The molecule has 35 heavy (non-hydrogen) atoms. The van der Waals surface area contributed by atoms with E-state index in [1.54, 1.807) is 42.5 Å². The van der Waals surface area contributed by atoms with Crippen molar-refractivity contribution < 1.29 is 26.9 Å².